The normalized spacial score (nSPS) is 15.8. The summed E-state index contributed by atoms with van der Waals surface area (Å²) in [6.45, 7) is 9.87. The summed E-state index contributed by atoms with van der Waals surface area (Å²) in [4.78, 5) is 25.8. The van der Waals surface area contributed by atoms with Crippen molar-refractivity contribution >= 4 is 11.9 Å². The molecule has 25 heavy (non-hydrogen) atoms. The van der Waals surface area contributed by atoms with Crippen LogP contribution in [0.4, 0.5) is 0 Å². The number of carbonyl (C=O) groups excluding carboxylic acids is 2. The van der Waals surface area contributed by atoms with Gasteiger partial charge in [0.15, 0.2) is 6.61 Å². The molecule has 0 unspecified atom stereocenters. The second-order valence-electron chi connectivity index (χ2n) is 7.47. The quantitative estimate of drug-likeness (QED) is 0.768. The number of hydrogen-bond donors (Lipinski definition) is 0. The van der Waals surface area contributed by atoms with Crippen LogP contribution in [-0.2, 0) is 19.7 Å². The Morgan fingerprint density at radius 3 is 2.24 bits per heavy atom. The van der Waals surface area contributed by atoms with E-state index in [2.05, 4.69) is 20.8 Å². The van der Waals surface area contributed by atoms with Gasteiger partial charge in [-0.05, 0) is 42.9 Å². The fraction of sp³-hybridized carbons (Fsp3) is 0.600. The molecular formula is C20H29NO4. The first-order valence-corrected chi connectivity index (χ1v) is 8.99. The summed E-state index contributed by atoms with van der Waals surface area (Å²) in [5.41, 5.74) is 1.32. The lowest BCUT2D eigenvalue weighted by Crippen LogP contribution is -2.42. The lowest BCUT2D eigenvalue weighted by Gasteiger charge is -2.30. The van der Waals surface area contributed by atoms with Gasteiger partial charge in [0.2, 0.25) is 0 Å². The molecule has 0 N–H and O–H groups in total. The Morgan fingerprint density at radius 2 is 1.72 bits per heavy atom. The number of esters is 1. The summed E-state index contributed by atoms with van der Waals surface area (Å²) in [5.74, 6) is 0.421. The molecular weight excluding hydrogens is 318 g/mol. The highest BCUT2D eigenvalue weighted by molar-refractivity contribution is 5.78. The predicted molar refractivity (Wildman–Crippen MR) is 96.6 cm³/mol. The highest BCUT2D eigenvalue weighted by atomic mass is 16.5. The Labute approximate surface area is 150 Å². The van der Waals surface area contributed by atoms with E-state index in [4.69, 9.17) is 9.47 Å². The Balaban J connectivity index is 1.78. The number of ether oxygens (including phenoxy) is 2. The Bertz CT molecular complexity index is 581. The molecule has 0 atom stereocenters. The molecule has 0 aromatic heterocycles. The molecule has 1 aliphatic heterocycles. The van der Waals surface area contributed by atoms with Crippen molar-refractivity contribution in [2.24, 2.45) is 5.92 Å². The van der Waals surface area contributed by atoms with E-state index in [1.807, 2.05) is 31.2 Å². The maximum absolute atomic E-state index is 12.3. The zero-order valence-electron chi connectivity index (χ0n) is 15.7. The van der Waals surface area contributed by atoms with Gasteiger partial charge >= 0.3 is 5.97 Å². The third-order valence-corrected chi connectivity index (χ3v) is 4.55. The van der Waals surface area contributed by atoms with Crippen molar-refractivity contribution in [2.45, 2.75) is 46.0 Å². The number of benzene rings is 1. The number of amides is 1. The minimum Gasteiger partial charge on any atom is -0.484 e. The van der Waals surface area contributed by atoms with E-state index in [1.165, 1.54) is 5.56 Å². The Morgan fingerprint density at radius 1 is 1.12 bits per heavy atom. The summed E-state index contributed by atoms with van der Waals surface area (Å²) >= 11 is 0. The van der Waals surface area contributed by atoms with E-state index in [0.717, 1.165) is 0 Å². The lowest BCUT2D eigenvalue weighted by atomic mass is 9.87. The number of hydrogen-bond acceptors (Lipinski definition) is 4. The highest BCUT2D eigenvalue weighted by Crippen LogP contribution is 2.24. The first-order chi connectivity index (χ1) is 11.8. The van der Waals surface area contributed by atoms with Crippen LogP contribution in [0.25, 0.3) is 0 Å². The zero-order chi connectivity index (χ0) is 18.4. The van der Waals surface area contributed by atoms with Crippen molar-refractivity contribution in [3.8, 4) is 5.75 Å². The monoisotopic (exact) mass is 347 g/mol. The molecule has 1 fully saturated rings. The van der Waals surface area contributed by atoms with Gasteiger partial charge in [-0.2, -0.15) is 0 Å². The number of carbonyl (C=O) groups is 2. The largest absolute Gasteiger partial charge is 0.484 e. The van der Waals surface area contributed by atoms with Gasteiger partial charge in [-0.15, -0.1) is 0 Å². The van der Waals surface area contributed by atoms with Gasteiger partial charge in [-0.1, -0.05) is 32.9 Å². The van der Waals surface area contributed by atoms with E-state index in [-0.39, 0.29) is 29.8 Å². The summed E-state index contributed by atoms with van der Waals surface area (Å²) < 4.78 is 10.7. The molecule has 5 heteroatoms. The van der Waals surface area contributed by atoms with Crippen LogP contribution >= 0.6 is 0 Å². The second kappa shape index (κ2) is 8.37. The van der Waals surface area contributed by atoms with E-state index in [1.54, 1.807) is 4.90 Å². The topological polar surface area (TPSA) is 55.8 Å². The lowest BCUT2D eigenvalue weighted by molar-refractivity contribution is -0.151. The van der Waals surface area contributed by atoms with Crippen molar-refractivity contribution in [1.82, 2.24) is 4.90 Å². The van der Waals surface area contributed by atoms with Crippen molar-refractivity contribution in [3.05, 3.63) is 29.8 Å². The minimum absolute atomic E-state index is 0.0267. The molecule has 2 rings (SSSR count). The highest BCUT2D eigenvalue weighted by Gasteiger charge is 2.28. The van der Waals surface area contributed by atoms with Crippen molar-refractivity contribution in [3.63, 3.8) is 0 Å². The van der Waals surface area contributed by atoms with Crippen molar-refractivity contribution in [2.75, 3.05) is 26.3 Å². The molecule has 1 aliphatic rings. The molecule has 1 aromatic carbocycles. The summed E-state index contributed by atoms with van der Waals surface area (Å²) in [6, 6.07) is 7.87. The smallest absolute Gasteiger partial charge is 0.309 e. The molecule has 0 saturated carbocycles. The second-order valence-corrected chi connectivity index (χ2v) is 7.47. The van der Waals surface area contributed by atoms with Crippen LogP contribution in [0.3, 0.4) is 0 Å². The molecule has 0 spiro atoms. The van der Waals surface area contributed by atoms with E-state index >= 15 is 0 Å². The molecule has 1 amide bonds. The van der Waals surface area contributed by atoms with Crippen LogP contribution in [0.2, 0.25) is 0 Å². The number of nitrogens with zero attached hydrogens (tertiary/aromatic N) is 1. The van der Waals surface area contributed by atoms with Crippen LogP contribution in [0.5, 0.6) is 5.75 Å². The average molecular weight is 347 g/mol. The van der Waals surface area contributed by atoms with Crippen LogP contribution < -0.4 is 4.74 Å². The van der Waals surface area contributed by atoms with Crippen LogP contribution in [-0.4, -0.2) is 43.1 Å². The van der Waals surface area contributed by atoms with Gasteiger partial charge in [0.1, 0.15) is 5.75 Å². The van der Waals surface area contributed by atoms with Gasteiger partial charge in [0.25, 0.3) is 5.91 Å². The fourth-order valence-electron chi connectivity index (χ4n) is 2.91. The molecule has 0 radical (unpaired) electrons. The minimum atomic E-state index is -0.148. The maximum atomic E-state index is 12.3. The fourth-order valence-corrected chi connectivity index (χ4v) is 2.91. The summed E-state index contributed by atoms with van der Waals surface area (Å²) in [6.07, 6.45) is 1.32. The molecule has 1 heterocycles. The molecule has 1 aromatic rings. The van der Waals surface area contributed by atoms with E-state index in [0.29, 0.717) is 38.3 Å². The van der Waals surface area contributed by atoms with E-state index in [9.17, 15) is 9.59 Å². The molecule has 138 valence electrons. The Hall–Kier alpha value is -2.04. The molecule has 0 bridgehead atoms. The Kier molecular flexibility index (Phi) is 6.45. The predicted octanol–water partition coefficient (Wildman–Crippen LogP) is 3.16. The molecule has 1 saturated heterocycles. The van der Waals surface area contributed by atoms with Crippen LogP contribution in [0.15, 0.2) is 24.3 Å². The van der Waals surface area contributed by atoms with Gasteiger partial charge in [0, 0.05) is 13.1 Å². The van der Waals surface area contributed by atoms with Gasteiger partial charge in [-0.25, -0.2) is 0 Å². The third-order valence-electron chi connectivity index (χ3n) is 4.55. The first kappa shape index (κ1) is 19.3. The van der Waals surface area contributed by atoms with Crippen LogP contribution in [0, 0.1) is 5.92 Å². The third kappa shape index (κ3) is 5.48. The summed E-state index contributed by atoms with van der Waals surface area (Å²) in [5, 5.41) is 0. The van der Waals surface area contributed by atoms with Gasteiger partial charge in [0.05, 0.1) is 12.5 Å². The zero-order valence-corrected chi connectivity index (χ0v) is 15.7. The van der Waals surface area contributed by atoms with Crippen LogP contribution in [0.1, 0.15) is 46.1 Å². The summed E-state index contributed by atoms with van der Waals surface area (Å²) in [7, 11) is 0. The standard InChI is InChI=1S/C20H29NO4/c1-5-24-19(23)15-10-12-21(13-11-15)18(22)14-25-17-8-6-16(7-9-17)20(2,3)4/h6-9,15H,5,10-14H2,1-4H3. The van der Waals surface area contributed by atoms with Crippen molar-refractivity contribution in [1.29, 1.82) is 0 Å². The number of rotatable bonds is 5. The molecule has 5 nitrogen and oxygen atoms in total. The van der Waals surface area contributed by atoms with Gasteiger partial charge < -0.3 is 14.4 Å². The first-order valence-electron chi connectivity index (χ1n) is 8.99. The number of piperidine rings is 1. The van der Waals surface area contributed by atoms with E-state index < -0.39 is 0 Å². The maximum Gasteiger partial charge on any atom is 0.309 e. The SMILES string of the molecule is CCOC(=O)C1CCN(C(=O)COc2ccc(C(C)(C)C)cc2)CC1. The van der Waals surface area contributed by atoms with Gasteiger partial charge in [-0.3, -0.25) is 9.59 Å². The molecule has 0 aliphatic carbocycles. The average Bonchev–Trinajstić information content (AvgIpc) is 2.59. The number of likely N-dealkylation sites (tertiary alicyclic amines) is 1. The van der Waals surface area contributed by atoms with Crippen molar-refractivity contribution < 1.29 is 19.1 Å².